The molecule has 82 valence electrons. The minimum absolute atomic E-state index is 0.0818. The standard InChI is InChI=1S/C10H20N2O2/c1-7(2)8(3)11-10(13)12-9-4-5-14-6-9/h7-9H,4-6H2,1-3H3,(H2,11,12,13)/t8-,9?/m1/s1. The summed E-state index contributed by atoms with van der Waals surface area (Å²) in [4.78, 5) is 11.4. The van der Waals surface area contributed by atoms with Gasteiger partial charge in [0.1, 0.15) is 0 Å². The Bertz CT molecular complexity index is 183. The first kappa shape index (κ1) is 11.3. The van der Waals surface area contributed by atoms with Gasteiger partial charge in [0, 0.05) is 12.6 Å². The van der Waals surface area contributed by atoms with Gasteiger partial charge in [0.05, 0.1) is 12.6 Å². The third-order valence-electron chi connectivity index (χ3n) is 2.62. The maximum absolute atomic E-state index is 11.4. The van der Waals surface area contributed by atoms with Crippen LogP contribution in [-0.2, 0) is 4.74 Å². The molecule has 1 aliphatic rings. The molecule has 0 spiro atoms. The number of urea groups is 1. The summed E-state index contributed by atoms with van der Waals surface area (Å²) in [5.41, 5.74) is 0. The van der Waals surface area contributed by atoms with Gasteiger partial charge < -0.3 is 15.4 Å². The molecular formula is C10H20N2O2. The van der Waals surface area contributed by atoms with Crippen LogP contribution in [-0.4, -0.2) is 31.3 Å². The van der Waals surface area contributed by atoms with Crippen molar-refractivity contribution in [1.82, 2.24) is 10.6 Å². The number of nitrogens with one attached hydrogen (secondary N) is 2. The monoisotopic (exact) mass is 200 g/mol. The molecular weight excluding hydrogens is 180 g/mol. The van der Waals surface area contributed by atoms with E-state index in [4.69, 9.17) is 4.74 Å². The van der Waals surface area contributed by atoms with Crippen molar-refractivity contribution in [3.63, 3.8) is 0 Å². The van der Waals surface area contributed by atoms with E-state index < -0.39 is 0 Å². The third-order valence-corrected chi connectivity index (χ3v) is 2.62. The molecule has 2 amide bonds. The van der Waals surface area contributed by atoms with Gasteiger partial charge in [-0.05, 0) is 19.3 Å². The summed E-state index contributed by atoms with van der Waals surface area (Å²) in [7, 11) is 0. The van der Waals surface area contributed by atoms with Gasteiger partial charge in [-0.15, -0.1) is 0 Å². The van der Waals surface area contributed by atoms with E-state index in [9.17, 15) is 4.79 Å². The van der Waals surface area contributed by atoms with E-state index >= 15 is 0 Å². The lowest BCUT2D eigenvalue weighted by atomic mass is 10.1. The maximum Gasteiger partial charge on any atom is 0.315 e. The summed E-state index contributed by atoms with van der Waals surface area (Å²) in [6.45, 7) is 7.58. The molecule has 0 aromatic heterocycles. The van der Waals surface area contributed by atoms with Gasteiger partial charge in [-0.3, -0.25) is 0 Å². The van der Waals surface area contributed by atoms with E-state index in [0.29, 0.717) is 12.5 Å². The summed E-state index contributed by atoms with van der Waals surface area (Å²) in [6.07, 6.45) is 0.920. The lowest BCUT2D eigenvalue weighted by Crippen LogP contribution is -2.47. The zero-order chi connectivity index (χ0) is 10.6. The van der Waals surface area contributed by atoms with Crippen molar-refractivity contribution in [2.75, 3.05) is 13.2 Å². The Hall–Kier alpha value is -0.770. The number of rotatable bonds is 3. The molecule has 1 saturated heterocycles. The van der Waals surface area contributed by atoms with Gasteiger partial charge in [0.25, 0.3) is 0 Å². The molecule has 2 atom stereocenters. The number of ether oxygens (including phenoxy) is 1. The van der Waals surface area contributed by atoms with Gasteiger partial charge in [-0.2, -0.15) is 0 Å². The number of carbonyl (C=O) groups is 1. The molecule has 0 aromatic rings. The zero-order valence-corrected chi connectivity index (χ0v) is 9.17. The van der Waals surface area contributed by atoms with Crippen molar-refractivity contribution in [2.45, 2.75) is 39.3 Å². The minimum atomic E-state index is -0.0818. The summed E-state index contributed by atoms with van der Waals surface area (Å²) >= 11 is 0. The van der Waals surface area contributed by atoms with Crippen LogP contribution < -0.4 is 10.6 Å². The fourth-order valence-electron chi connectivity index (χ4n) is 1.25. The smallest absolute Gasteiger partial charge is 0.315 e. The summed E-state index contributed by atoms with van der Waals surface area (Å²) in [5.74, 6) is 0.459. The first-order valence-corrected chi connectivity index (χ1v) is 5.24. The van der Waals surface area contributed by atoms with Crippen LogP contribution >= 0.6 is 0 Å². The average molecular weight is 200 g/mol. The molecule has 0 aromatic carbocycles. The van der Waals surface area contributed by atoms with Crippen LogP contribution in [0.1, 0.15) is 27.2 Å². The van der Waals surface area contributed by atoms with E-state index in [1.165, 1.54) is 0 Å². The van der Waals surface area contributed by atoms with E-state index in [1.54, 1.807) is 0 Å². The van der Waals surface area contributed by atoms with Gasteiger partial charge in [0.15, 0.2) is 0 Å². The van der Waals surface area contributed by atoms with Crippen LogP contribution in [0.2, 0.25) is 0 Å². The summed E-state index contributed by atoms with van der Waals surface area (Å²) in [6, 6.07) is 0.313. The first-order chi connectivity index (χ1) is 6.59. The van der Waals surface area contributed by atoms with Crippen LogP contribution in [0.3, 0.4) is 0 Å². The molecule has 2 N–H and O–H groups in total. The molecule has 0 bridgehead atoms. The maximum atomic E-state index is 11.4. The van der Waals surface area contributed by atoms with Crippen LogP contribution in [0.4, 0.5) is 4.79 Å². The highest BCUT2D eigenvalue weighted by atomic mass is 16.5. The minimum Gasteiger partial charge on any atom is -0.379 e. The van der Waals surface area contributed by atoms with E-state index in [0.717, 1.165) is 13.0 Å². The predicted molar refractivity (Wildman–Crippen MR) is 55.2 cm³/mol. The Labute approximate surface area is 85.4 Å². The average Bonchev–Trinajstić information content (AvgIpc) is 2.56. The highest BCUT2D eigenvalue weighted by Gasteiger charge is 2.18. The Kier molecular flexibility index (Phi) is 4.20. The Morgan fingerprint density at radius 2 is 2.14 bits per heavy atom. The van der Waals surface area contributed by atoms with Crippen molar-refractivity contribution in [3.05, 3.63) is 0 Å². The number of hydrogen-bond acceptors (Lipinski definition) is 2. The number of amides is 2. The molecule has 0 aliphatic carbocycles. The van der Waals surface area contributed by atoms with Crippen LogP contribution in [0.25, 0.3) is 0 Å². The molecule has 1 rings (SSSR count). The van der Waals surface area contributed by atoms with Crippen molar-refractivity contribution in [3.8, 4) is 0 Å². The third kappa shape index (κ3) is 3.54. The molecule has 1 fully saturated rings. The topological polar surface area (TPSA) is 50.4 Å². The fraction of sp³-hybridized carbons (Fsp3) is 0.900. The second kappa shape index (κ2) is 5.20. The lowest BCUT2D eigenvalue weighted by Gasteiger charge is -2.19. The fourth-order valence-corrected chi connectivity index (χ4v) is 1.25. The lowest BCUT2D eigenvalue weighted by molar-refractivity contribution is 0.188. The number of carbonyl (C=O) groups excluding carboxylic acids is 1. The van der Waals surface area contributed by atoms with Crippen LogP contribution in [0.5, 0.6) is 0 Å². The van der Waals surface area contributed by atoms with Gasteiger partial charge >= 0.3 is 6.03 Å². The molecule has 14 heavy (non-hydrogen) atoms. The van der Waals surface area contributed by atoms with E-state index in [1.807, 2.05) is 6.92 Å². The highest BCUT2D eigenvalue weighted by Crippen LogP contribution is 2.03. The zero-order valence-electron chi connectivity index (χ0n) is 9.17. The van der Waals surface area contributed by atoms with E-state index in [2.05, 4.69) is 24.5 Å². The molecule has 0 saturated carbocycles. The van der Waals surface area contributed by atoms with Crippen molar-refractivity contribution >= 4 is 6.03 Å². The summed E-state index contributed by atoms with van der Waals surface area (Å²) in [5, 5.41) is 5.79. The second-order valence-corrected chi connectivity index (χ2v) is 4.21. The molecule has 1 unspecified atom stereocenters. The predicted octanol–water partition coefficient (Wildman–Crippen LogP) is 1.12. The Balaban J connectivity index is 2.21. The molecule has 4 nitrogen and oxygen atoms in total. The highest BCUT2D eigenvalue weighted by molar-refractivity contribution is 5.74. The SMILES string of the molecule is CC(C)[C@@H](C)NC(=O)NC1CCOC1. The second-order valence-electron chi connectivity index (χ2n) is 4.21. The Morgan fingerprint density at radius 3 is 2.64 bits per heavy atom. The summed E-state index contributed by atoms with van der Waals surface area (Å²) < 4.78 is 5.17. The molecule has 4 heteroatoms. The van der Waals surface area contributed by atoms with Crippen molar-refractivity contribution in [1.29, 1.82) is 0 Å². The van der Waals surface area contributed by atoms with Crippen molar-refractivity contribution < 1.29 is 9.53 Å². The Morgan fingerprint density at radius 1 is 1.43 bits per heavy atom. The van der Waals surface area contributed by atoms with Gasteiger partial charge in [0.2, 0.25) is 0 Å². The normalized spacial score (nSPS) is 23.6. The largest absolute Gasteiger partial charge is 0.379 e. The first-order valence-electron chi connectivity index (χ1n) is 5.24. The quantitative estimate of drug-likeness (QED) is 0.717. The van der Waals surface area contributed by atoms with Crippen molar-refractivity contribution in [2.24, 2.45) is 5.92 Å². The van der Waals surface area contributed by atoms with Gasteiger partial charge in [-0.25, -0.2) is 4.79 Å². The molecule has 1 aliphatic heterocycles. The van der Waals surface area contributed by atoms with E-state index in [-0.39, 0.29) is 18.1 Å². The van der Waals surface area contributed by atoms with Crippen LogP contribution in [0, 0.1) is 5.92 Å². The molecule has 1 heterocycles. The molecule has 0 radical (unpaired) electrons. The van der Waals surface area contributed by atoms with Crippen LogP contribution in [0.15, 0.2) is 0 Å². The number of hydrogen-bond donors (Lipinski definition) is 2. The van der Waals surface area contributed by atoms with Gasteiger partial charge in [-0.1, -0.05) is 13.8 Å².